The van der Waals surface area contributed by atoms with Crippen LogP contribution in [0, 0.1) is 6.92 Å². The van der Waals surface area contributed by atoms with E-state index < -0.39 is 0 Å². The lowest BCUT2D eigenvalue weighted by Crippen LogP contribution is -2.28. The number of hydrogen-bond donors (Lipinski definition) is 3. The van der Waals surface area contributed by atoms with Gasteiger partial charge in [-0.2, -0.15) is 0 Å². The first-order valence-electron chi connectivity index (χ1n) is 7.72. The lowest BCUT2D eigenvalue weighted by molar-refractivity contribution is -0.116. The van der Waals surface area contributed by atoms with Gasteiger partial charge < -0.3 is 10.3 Å². The van der Waals surface area contributed by atoms with Crippen LogP contribution in [0.1, 0.15) is 22.3 Å². The van der Waals surface area contributed by atoms with Gasteiger partial charge in [-0.1, -0.05) is 30.3 Å². The van der Waals surface area contributed by atoms with Gasteiger partial charge in [-0.05, 0) is 30.7 Å². The van der Waals surface area contributed by atoms with E-state index in [0.717, 1.165) is 16.6 Å². The lowest BCUT2D eigenvalue weighted by atomic mass is 10.1. The minimum atomic E-state index is -0.209. The number of aryl methyl sites for hydroxylation is 1. The summed E-state index contributed by atoms with van der Waals surface area (Å²) in [6.45, 7) is 2.14. The molecule has 0 fully saturated rings. The maximum Gasteiger partial charge on any atom is 0.251 e. The highest BCUT2D eigenvalue weighted by molar-refractivity contribution is 5.96. The predicted octanol–water partition coefficient (Wildman–Crippen LogP) is 2.63. The molecular formula is C18H18N4O2. The van der Waals surface area contributed by atoms with E-state index in [-0.39, 0.29) is 24.8 Å². The van der Waals surface area contributed by atoms with Gasteiger partial charge in [0.2, 0.25) is 11.9 Å². The molecule has 0 saturated carbocycles. The molecule has 24 heavy (non-hydrogen) atoms. The molecule has 6 heteroatoms. The van der Waals surface area contributed by atoms with E-state index in [0.29, 0.717) is 11.5 Å². The van der Waals surface area contributed by atoms with E-state index in [4.69, 9.17) is 0 Å². The van der Waals surface area contributed by atoms with Gasteiger partial charge in [-0.15, -0.1) is 0 Å². The Morgan fingerprint density at radius 2 is 1.83 bits per heavy atom. The fraction of sp³-hybridized carbons (Fsp3) is 0.167. The van der Waals surface area contributed by atoms with E-state index in [1.807, 2.05) is 49.4 Å². The molecule has 0 radical (unpaired) electrons. The average molecular weight is 322 g/mol. The zero-order valence-corrected chi connectivity index (χ0v) is 13.3. The Balaban J connectivity index is 1.50. The quantitative estimate of drug-likeness (QED) is 0.675. The SMILES string of the molecule is Cc1ccccc1C(=O)NCCC(=O)Nc1nc2ccccc2[nH]1. The van der Waals surface area contributed by atoms with Crippen LogP contribution in [0.3, 0.4) is 0 Å². The van der Waals surface area contributed by atoms with Gasteiger partial charge in [-0.3, -0.25) is 14.9 Å². The second-order valence-electron chi connectivity index (χ2n) is 5.47. The second kappa shape index (κ2) is 6.95. The van der Waals surface area contributed by atoms with Crippen molar-refractivity contribution in [2.45, 2.75) is 13.3 Å². The molecule has 0 atom stereocenters. The Hall–Kier alpha value is -3.15. The molecule has 2 aromatic carbocycles. The molecule has 0 aliphatic carbocycles. The highest BCUT2D eigenvalue weighted by Gasteiger charge is 2.10. The van der Waals surface area contributed by atoms with Gasteiger partial charge in [0.1, 0.15) is 0 Å². The van der Waals surface area contributed by atoms with E-state index in [9.17, 15) is 9.59 Å². The van der Waals surface area contributed by atoms with Crippen LogP contribution in [0.4, 0.5) is 5.95 Å². The third-order valence-electron chi connectivity index (χ3n) is 3.67. The van der Waals surface area contributed by atoms with E-state index >= 15 is 0 Å². The second-order valence-corrected chi connectivity index (χ2v) is 5.47. The molecule has 2 amide bonds. The average Bonchev–Trinajstić information content (AvgIpc) is 2.97. The summed E-state index contributed by atoms with van der Waals surface area (Å²) >= 11 is 0. The summed E-state index contributed by atoms with van der Waals surface area (Å²) in [5, 5.41) is 5.45. The third-order valence-corrected chi connectivity index (χ3v) is 3.67. The minimum Gasteiger partial charge on any atom is -0.352 e. The normalized spacial score (nSPS) is 10.5. The van der Waals surface area contributed by atoms with Crippen LogP contribution in [0.2, 0.25) is 0 Å². The Bertz CT molecular complexity index is 852. The third kappa shape index (κ3) is 3.60. The molecule has 3 N–H and O–H groups in total. The zero-order valence-electron chi connectivity index (χ0n) is 13.3. The summed E-state index contributed by atoms with van der Waals surface area (Å²) < 4.78 is 0. The Kier molecular flexibility index (Phi) is 4.56. The number of fused-ring (bicyclic) bond motifs is 1. The number of amides is 2. The summed E-state index contributed by atoms with van der Waals surface area (Å²) in [5.41, 5.74) is 3.18. The van der Waals surface area contributed by atoms with Crippen LogP contribution in [0.15, 0.2) is 48.5 Å². The molecule has 3 rings (SSSR count). The minimum absolute atomic E-state index is 0.175. The van der Waals surface area contributed by atoms with E-state index in [1.165, 1.54) is 0 Å². The monoisotopic (exact) mass is 322 g/mol. The Labute approximate surface area is 139 Å². The Morgan fingerprint density at radius 1 is 1.08 bits per heavy atom. The number of anilines is 1. The first-order valence-corrected chi connectivity index (χ1v) is 7.72. The van der Waals surface area contributed by atoms with Crippen LogP contribution in [0.25, 0.3) is 11.0 Å². The molecule has 0 spiro atoms. The van der Waals surface area contributed by atoms with Crippen LogP contribution in [-0.2, 0) is 4.79 Å². The molecular weight excluding hydrogens is 304 g/mol. The van der Waals surface area contributed by atoms with Gasteiger partial charge in [0.15, 0.2) is 0 Å². The fourth-order valence-corrected chi connectivity index (χ4v) is 2.42. The van der Waals surface area contributed by atoms with Crippen molar-refractivity contribution in [3.63, 3.8) is 0 Å². The number of hydrogen-bond acceptors (Lipinski definition) is 3. The van der Waals surface area contributed by atoms with E-state index in [1.54, 1.807) is 6.07 Å². The van der Waals surface area contributed by atoms with Crippen LogP contribution in [-0.4, -0.2) is 28.3 Å². The number of rotatable bonds is 5. The fourth-order valence-electron chi connectivity index (χ4n) is 2.42. The highest BCUT2D eigenvalue weighted by Crippen LogP contribution is 2.13. The van der Waals surface area contributed by atoms with Crippen molar-refractivity contribution in [1.82, 2.24) is 15.3 Å². The number of benzene rings is 2. The molecule has 0 unspecified atom stereocenters. The summed E-state index contributed by atoms with van der Waals surface area (Å²) in [5.74, 6) is 0.0233. The van der Waals surface area contributed by atoms with Crippen LogP contribution in [0.5, 0.6) is 0 Å². The summed E-state index contributed by atoms with van der Waals surface area (Å²) in [6.07, 6.45) is 0.175. The van der Waals surface area contributed by atoms with E-state index in [2.05, 4.69) is 20.6 Å². The van der Waals surface area contributed by atoms with Crippen molar-refractivity contribution in [2.75, 3.05) is 11.9 Å². The van der Waals surface area contributed by atoms with Crippen molar-refractivity contribution in [1.29, 1.82) is 0 Å². The van der Waals surface area contributed by atoms with Crippen LogP contribution < -0.4 is 10.6 Å². The maximum atomic E-state index is 12.1. The molecule has 122 valence electrons. The molecule has 6 nitrogen and oxygen atoms in total. The number of aromatic amines is 1. The summed E-state index contributed by atoms with van der Waals surface area (Å²) in [7, 11) is 0. The number of carbonyl (C=O) groups is 2. The first kappa shape index (κ1) is 15.7. The number of carbonyl (C=O) groups excluding carboxylic acids is 2. The van der Waals surface area contributed by atoms with Gasteiger partial charge in [0.05, 0.1) is 11.0 Å². The number of nitrogens with one attached hydrogen (secondary N) is 3. The maximum absolute atomic E-state index is 12.1. The van der Waals surface area contributed by atoms with Crippen molar-refractivity contribution in [3.8, 4) is 0 Å². The number of imidazole rings is 1. The molecule has 3 aromatic rings. The van der Waals surface area contributed by atoms with Crippen molar-refractivity contribution in [3.05, 3.63) is 59.7 Å². The smallest absolute Gasteiger partial charge is 0.251 e. The molecule has 0 aliphatic heterocycles. The number of nitrogens with zero attached hydrogens (tertiary/aromatic N) is 1. The largest absolute Gasteiger partial charge is 0.352 e. The van der Waals surface area contributed by atoms with Gasteiger partial charge in [-0.25, -0.2) is 4.98 Å². The highest BCUT2D eigenvalue weighted by atomic mass is 16.2. The van der Waals surface area contributed by atoms with Crippen molar-refractivity contribution in [2.24, 2.45) is 0 Å². The first-order chi connectivity index (χ1) is 11.6. The summed E-state index contributed by atoms with van der Waals surface area (Å²) in [4.78, 5) is 31.3. The van der Waals surface area contributed by atoms with Crippen LogP contribution >= 0.6 is 0 Å². The number of para-hydroxylation sites is 2. The number of aromatic nitrogens is 2. The Morgan fingerprint density at radius 3 is 2.62 bits per heavy atom. The number of H-pyrrole nitrogens is 1. The van der Waals surface area contributed by atoms with Crippen molar-refractivity contribution < 1.29 is 9.59 Å². The summed E-state index contributed by atoms with van der Waals surface area (Å²) in [6, 6.07) is 14.9. The molecule has 1 heterocycles. The standard InChI is InChI=1S/C18H18N4O2/c1-12-6-2-3-7-13(12)17(24)19-11-10-16(23)22-18-20-14-8-4-5-9-15(14)21-18/h2-9H,10-11H2,1H3,(H,19,24)(H2,20,21,22,23). The predicted molar refractivity (Wildman–Crippen MR) is 92.9 cm³/mol. The molecule has 0 saturated heterocycles. The van der Waals surface area contributed by atoms with Gasteiger partial charge in [0.25, 0.3) is 5.91 Å². The topological polar surface area (TPSA) is 86.9 Å². The molecule has 0 aliphatic rings. The van der Waals surface area contributed by atoms with Gasteiger partial charge in [0, 0.05) is 18.5 Å². The molecule has 0 bridgehead atoms. The lowest BCUT2D eigenvalue weighted by Gasteiger charge is -2.07. The van der Waals surface area contributed by atoms with Gasteiger partial charge >= 0.3 is 0 Å². The zero-order chi connectivity index (χ0) is 16.9. The molecule has 1 aromatic heterocycles. The van der Waals surface area contributed by atoms with Crippen molar-refractivity contribution >= 4 is 28.8 Å².